The van der Waals surface area contributed by atoms with Gasteiger partial charge in [0, 0.05) is 28.5 Å². The molecule has 2 N–H and O–H groups in total. The smallest absolute Gasteiger partial charge is 0.255 e. The number of amides is 1. The predicted octanol–water partition coefficient (Wildman–Crippen LogP) is 4.47. The summed E-state index contributed by atoms with van der Waals surface area (Å²) in [6, 6.07) is 9.40. The maximum Gasteiger partial charge on any atom is 0.255 e. The summed E-state index contributed by atoms with van der Waals surface area (Å²) in [7, 11) is 0. The van der Waals surface area contributed by atoms with Gasteiger partial charge in [-0.15, -0.1) is 0 Å². The number of carbonyl (C=O) groups is 1. The van der Waals surface area contributed by atoms with Gasteiger partial charge < -0.3 is 10.6 Å². The number of carbonyl (C=O) groups excluding carboxylic acids is 1. The van der Waals surface area contributed by atoms with E-state index in [2.05, 4.69) is 10.6 Å². The summed E-state index contributed by atoms with van der Waals surface area (Å²) in [6.07, 6.45) is 0. The molecule has 0 radical (unpaired) electrons. The number of rotatable bonds is 4. The summed E-state index contributed by atoms with van der Waals surface area (Å²) < 4.78 is 13.3. The highest BCUT2D eigenvalue weighted by molar-refractivity contribution is 6.31. The van der Waals surface area contributed by atoms with Crippen LogP contribution in [0.5, 0.6) is 0 Å². The lowest BCUT2D eigenvalue weighted by Crippen LogP contribution is -2.13. The molecule has 0 spiro atoms. The van der Waals surface area contributed by atoms with Gasteiger partial charge in [0.1, 0.15) is 5.82 Å². The molecule has 2 aromatic carbocycles. The maximum atomic E-state index is 13.3. The molecule has 3 nitrogen and oxygen atoms in total. The highest BCUT2D eigenvalue weighted by atomic mass is 35.5. The molecule has 0 aliphatic rings. The Labute approximate surface area is 128 Å². The zero-order chi connectivity index (χ0) is 15.4. The second-order valence-electron chi connectivity index (χ2n) is 4.67. The summed E-state index contributed by atoms with van der Waals surface area (Å²) >= 11 is 5.77. The van der Waals surface area contributed by atoms with Gasteiger partial charge in [-0.3, -0.25) is 4.79 Å². The number of benzene rings is 2. The minimum Gasteiger partial charge on any atom is -0.385 e. The molecule has 2 aromatic rings. The SMILES string of the molecule is CCNc1ccc(C(=O)Nc2cc(F)cc(Cl)c2)c(C)c1. The summed E-state index contributed by atoms with van der Waals surface area (Å²) in [6.45, 7) is 4.67. The van der Waals surface area contributed by atoms with Gasteiger partial charge in [-0.05, 0) is 55.8 Å². The number of nitrogens with one attached hydrogen (secondary N) is 2. The van der Waals surface area contributed by atoms with Crippen molar-refractivity contribution in [2.45, 2.75) is 13.8 Å². The van der Waals surface area contributed by atoms with E-state index in [0.717, 1.165) is 17.8 Å². The summed E-state index contributed by atoms with van der Waals surface area (Å²) in [5.41, 5.74) is 2.67. The van der Waals surface area contributed by atoms with Gasteiger partial charge in [-0.1, -0.05) is 11.6 Å². The maximum absolute atomic E-state index is 13.3. The lowest BCUT2D eigenvalue weighted by molar-refractivity contribution is 0.102. The molecule has 0 aliphatic carbocycles. The number of halogens is 2. The Morgan fingerprint density at radius 2 is 1.95 bits per heavy atom. The van der Waals surface area contributed by atoms with Crippen LogP contribution >= 0.6 is 11.6 Å². The number of hydrogen-bond donors (Lipinski definition) is 2. The average Bonchev–Trinajstić information content (AvgIpc) is 2.37. The number of anilines is 2. The predicted molar refractivity (Wildman–Crippen MR) is 84.7 cm³/mol. The quantitative estimate of drug-likeness (QED) is 0.875. The van der Waals surface area contributed by atoms with Crippen LogP contribution in [0.1, 0.15) is 22.8 Å². The van der Waals surface area contributed by atoms with Crippen LogP contribution in [0.3, 0.4) is 0 Å². The number of aryl methyl sites for hydroxylation is 1. The largest absolute Gasteiger partial charge is 0.385 e. The van der Waals surface area contributed by atoms with Crippen molar-refractivity contribution in [3.05, 3.63) is 58.4 Å². The Balaban J connectivity index is 2.20. The molecule has 0 saturated carbocycles. The fourth-order valence-electron chi connectivity index (χ4n) is 2.06. The Morgan fingerprint density at radius 3 is 2.57 bits per heavy atom. The lowest BCUT2D eigenvalue weighted by atomic mass is 10.1. The van der Waals surface area contributed by atoms with E-state index in [0.29, 0.717) is 11.3 Å². The minimum atomic E-state index is -0.489. The van der Waals surface area contributed by atoms with Crippen molar-refractivity contribution in [2.24, 2.45) is 0 Å². The third kappa shape index (κ3) is 3.95. The van der Waals surface area contributed by atoms with Gasteiger partial charge >= 0.3 is 0 Å². The Kier molecular flexibility index (Phi) is 4.81. The molecule has 2 rings (SSSR count). The first-order chi connectivity index (χ1) is 9.99. The molecule has 0 unspecified atom stereocenters. The average molecular weight is 307 g/mol. The third-order valence-electron chi connectivity index (χ3n) is 2.97. The Bertz CT molecular complexity index is 653. The molecule has 21 heavy (non-hydrogen) atoms. The molecule has 0 heterocycles. The lowest BCUT2D eigenvalue weighted by Gasteiger charge is -2.10. The van der Waals surface area contributed by atoms with E-state index in [4.69, 9.17) is 11.6 Å². The van der Waals surface area contributed by atoms with Crippen LogP contribution in [-0.4, -0.2) is 12.5 Å². The molecular weight excluding hydrogens is 291 g/mol. The van der Waals surface area contributed by atoms with Crippen LogP contribution in [0.25, 0.3) is 0 Å². The van der Waals surface area contributed by atoms with E-state index >= 15 is 0 Å². The first-order valence-corrected chi connectivity index (χ1v) is 6.99. The first-order valence-electron chi connectivity index (χ1n) is 6.61. The van der Waals surface area contributed by atoms with E-state index in [1.54, 1.807) is 6.07 Å². The van der Waals surface area contributed by atoms with E-state index in [-0.39, 0.29) is 10.9 Å². The summed E-state index contributed by atoms with van der Waals surface area (Å²) in [5, 5.41) is 6.07. The Morgan fingerprint density at radius 1 is 1.19 bits per heavy atom. The van der Waals surface area contributed by atoms with Crippen molar-refractivity contribution in [3.63, 3.8) is 0 Å². The van der Waals surface area contributed by atoms with Crippen molar-refractivity contribution in [1.82, 2.24) is 0 Å². The van der Waals surface area contributed by atoms with Crippen LogP contribution in [0.4, 0.5) is 15.8 Å². The minimum absolute atomic E-state index is 0.240. The van der Waals surface area contributed by atoms with Gasteiger partial charge in [0.25, 0.3) is 5.91 Å². The van der Waals surface area contributed by atoms with E-state index in [1.807, 2.05) is 26.0 Å². The monoisotopic (exact) mass is 306 g/mol. The number of hydrogen-bond acceptors (Lipinski definition) is 2. The van der Waals surface area contributed by atoms with Crippen LogP contribution in [0.2, 0.25) is 5.02 Å². The molecule has 0 atom stereocenters. The van der Waals surface area contributed by atoms with Crippen LogP contribution in [-0.2, 0) is 0 Å². The molecule has 0 bridgehead atoms. The van der Waals surface area contributed by atoms with Crippen LogP contribution in [0, 0.1) is 12.7 Å². The van der Waals surface area contributed by atoms with Gasteiger partial charge in [-0.2, -0.15) is 0 Å². The molecule has 0 aliphatic heterocycles. The topological polar surface area (TPSA) is 41.1 Å². The van der Waals surface area contributed by atoms with Crippen molar-refractivity contribution >= 4 is 28.9 Å². The molecule has 5 heteroatoms. The zero-order valence-electron chi connectivity index (χ0n) is 11.8. The van der Waals surface area contributed by atoms with E-state index in [9.17, 15) is 9.18 Å². The second kappa shape index (κ2) is 6.59. The van der Waals surface area contributed by atoms with Crippen molar-refractivity contribution in [1.29, 1.82) is 0 Å². The fourth-order valence-corrected chi connectivity index (χ4v) is 2.28. The first kappa shape index (κ1) is 15.3. The molecule has 0 fully saturated rings. The van der Waals surface area contributed by atoms with Crippen LogP contribution in [0.15, 0.2) is 36.4 Å². The summed E-state index contributed by atoms with van der Waals surface area (Å²) in [5.74, 6) is -0.783. The van der Waals surface area contributed by atoms with Crippen molar-refractivity contribution < 1.29 is 9.18 Å². The highest BCUT2D eigenvalue weighted by Crippen LogP contribution is 2.20. The van der Waals surface area contributed by atoms with Crippen molar-refractivity contribution in [3.8, 4) is 0 Å². The Hall–Kier alpha value is -2.07. The molecular formula is C16H16ClFN2O. The van der Waals surface area contributed by atoms with Crippen molar-refractivity contribution in [2.75, 3.05) is 17.2 Å². The third-order valence-corrected chi connectivity index (χ3v) is 3.19. The highest BCUT2D eigenvalue weighted by Gasteiger charge is 2.10. The molecule has 0 saturated heterocycles. The van der Waals surface area contributed by atoms with Gasteiger partial charge in [0.15, 0.2) is 0 Å². The van der Waals surface area contributed by atoms with E-state index < -0.39 is 5.82 Å². The van der Waals surface area contributed by atoms with E-state index in [1.165, 1.54) is 18.2 Å². The summed E-state index contributed by atoms with van der Waals surface area (Å²) in [4.78, 5) is 12.2. The zero-order valence-corrected chi connectivity index (χ0v) is 12.6. The standard InChI is InChI=1S/C16H16ClFN2O/c1-3-19-13-4-5-15(10(2)6-13)16(21)20-14-8-11(17)7-12(18)9-14/h4-9,19H,3H2,1-2H3,(H,20,21). The molecule has 0 aromatic heterocycles. The van der Waals surface area contributed by atoms with Gasteiger partial charge in [0.2, 0.25) is 0 Å². The molecule has 110 valence electrons. The fraction of sp³-hybridized carbons (Fsp3) is 0.188. The second-order valence-corrected chi connectivity index (χ2v) is 5.11. The normalized spacial score (nSPS) is 10.3. The molecule has 1 amide bonds. The van der Waals surface area contributed by atoms with Gasteiger partial charge in [-0.25, -0.2) is 4.39 Å². The van der Waals surface area contributed by atoms with Gasteiger partial charge in [0.05, 0.1) is 0 Å². The van der Waals surface area contributed by atoms with Crippen LogP contribution < -0.4 is 10.6 Å².